The molecule has 0 radical (unpaired) electrons. The molecule has 5 nitrogen and oxygen atoms in total. The van der Waals surface area contributed by atoms with E-state index in [2.05, 4.69) is 20.6 Å². The minimum absolute atomic E-state index is 0.163. The van der Waals surface area contributed by atoms with Crippen LogP contribution < -0.4 is 10.6 Å². The molecular weight excluding hydrogens is 204 g/mol. The first kappa shape index (κ1) is 11.1. The summed E-state index contributed by atoms with van der Waals surface area (Å²) in [6.07, 6.45) is 7.19. The molecule has 1 atom stereocenters. The number of aromatic nitrogens is 2. The minimum Gasteiger partial charge on any atom is -0.356 e. The highest BCUT2D eigenvalue weighted by atomic mass is 16.1. The van der Waals surface area contributed by atoms with Crippen LogP contribution in [0.2, 0.25) is 0 Å². The Kier molecular flexibility index (Phi) is 3.93. The lowest BCUT2D eigenvalue weighted by Gasteiger charge is -2.14. The SMILES string of the molecule is O=C1CC(NCCc2cnc[nH]2)CCCN1. The number of imidazole rings is 1. The largest absolute Gasteiger partial charge is 0.356 e. The van der Waals surface area contributed by atoms with Gasteiger partial charge < -0.3 is 15.6 Å². The van der Waals surface area contributed by atoms with Crippen LogP contribution in [0.5, 0.6) is 0 Å². The van der Waals surface area contributed by atoms with Crippen LogP contribution in [0.1, 0.15) is 25.0 Å². The van der Waals surface area contributed by atoms with Crippen molar-refractivity contribution in [2.45, 2.75) is 31.7 Å². The molecule has 2 rings (SSSR count). The molecule has 1 aliphatic rings. The summed E-state index contributed by atoms with van der Waals surface area (Å²) < 4.78 is 0. The second-order valence-electron chi connectivity index (χ2n) is 4.17. The fraction of sp³-hybridized carbons (Fsp3) is 0.636. The van der Waals surface area contributed by atoms with Crippen molar-refractivity contribution < 1.29 is 4.79 Å². The Morgan fingerprint density at radius 3 is 3.31 bits per heavy atom. The second-order valence-corrected chi connectivity index (χ2v) is 4.17. The smallest absolute Gasteiger partial charge is 0.221 e. The van der Waals surface area contributed by atoms with E-state index in [1.54, 1.807) is 6.33 Å². The van der Waals surface area contributed by atoms with Crippen LogP contribution in [0.25, 0.3) is 0 Å². The number of carbonyl (C=O) groups is 1. The number of hydrogen-bond donors (Lipinski definition) is 3. The molecule has 1 aromatic rings. The monoisotopic (exact) mass is 222 g/mol. The molecule has 1 aliphatic heterocycles. The van der Waals surface area contributed by atoms with Gasteiger partial charge >= 0.3 is 0 Å². The van der Waals surface area contributed by atoms with Gasteiger partial charge in [-0.25, -0.2) is 4.98 Å². The molecule has 3 N–H and O–H groups in total. The highest BCUT2D eigenvalue weighted by Gasteiger charge is 2.16. The molecular formula is C11H18N4O. The lowest BCUT2D eigenvalue weighted by molar-refractivity contribution is -0.121. The molecule has 0 aliphatic carbocycles. The summed E-state index contributed by atoms with van der Waals surface area (Å²) in [6, 6.07) is 0.324. The van der Waals surface area contributed by atoms with Crippen LogP contribution in [-0.4, -0.2) is 35.0 Å². The van der Waals surface area contributed by atoms with Crippen LogP contribution in [0.3, 0.4) is 0 Å². The second kappa shape index (κ2) is 5.65. The molecule has 0 bridgehead atoms. The van der Waals surface area contributed by atoms with E-state index < -0.39 is 0 Å². The van der Waals surface area contributed by atoms with E-state index in [0.29, 0.717) is 12.5 Å². The summed E-state index contributed by atoms with van der Waals surface area (Å²) in [6.45, 7) is 1.71. The Bertz CT molecular complexity index is 323. The summed E-state index contributed by atoms with van der Waals surface area (Å²) in [5.41, 5.74) is 1.13. The summed E-state index contributed by atoms with van der Waals surface area (Å²) in [5.74, 6) is 0.163. The van der Waals surface area contributed by atoms with E-state index in [0.717, 1.165) is 38.0 Å². The van der Waals surface area contributed by atoms with Gasteiger partial charge in [-0.1, -0.05) is 0 Å². The number of carbonyl (C=O) groups excluding carboxylic acids is 1. The molecule has 0 aromatic carbocycles. The predicted molar refractivity (Wildman–Crippen MR) is 60.9 cm³/mol. The van der Waals surface area contributed by atoms with Gasteiger partial charge in [-0.05, 0) is 12.8 Å². The number of rotatable bonds is 4. The summed E-state index contributed by atoms with van der Waals surface area (Å²) in [5, 5.41) is 6.31. The first-order valence-corrected chi connectivity index (χ1v) is 5.82. The zero-order valence-corrected chi connectivity index (χ0v) is 9.33. The third-order valence-corrected chi connectivity index (χ3v) is 2.87. The molecule has 1 unspecified atom stereocenters. The van der Waals surface area contributed by atoms with Gasteiger partial charge in [-0.3, -0.25) is 4.79 Å². The van der Waals surface area contributed by atoms with E-state index in [9.17, 15) is 4.79 Å². The Morgan fingerprint density at radius 2 is 2.50 bits per heavy atom. The van der Waals surface area contributed by atoms with Crippen LogP contribution in [0.4, 0.5) is 0 Å². The summed E-state index contributed by atoms with van der Waals surface area (Å²) >= 11 is 0. The van der Waals surface area contributed by atoms with Crippen LogP contribution >= 0.6 is 0 Å². The molecule has 1 aromatic heterocycles. The van der Waals surface area contributed by atoms with E-state index >= 15 is 0 Å². The topological polar surface area (TPSA) is 69.8 Å². The lowest BCUT2D eigenvalue weighted by atomic mass is 10.1. The average Bonchev–Trinajstić information content (AvgIpc) is 2.69. The van der Waals surface area contributed by atoms with Crippen molar-refractivity contribution in [3.63, 3.8) is 0 Å². The van der Waals surface area contributed by atoms with Gasteiger partial charge in [-0.15, -0.1) is 0 Å². The lowest BCUT2D eigenvalue weighted by Crippen LogP contribution is -2.33. The first-order chi connectivity index (χ1) is 7.84. The minimum atomic E-state index is 0.163. The molecule has 0 saturated carbocycles. The van der Waals surface area contributed by atoms with Crippen molar-refractivity contribution in [2.75, 3.05) is 13.1 Å². The molecule has 1 fully saturated rings. The van der Waals surface area contributed by atoms with Crippen molar-refractivity contribution >= 4 is 5.91 Å². The van der Waals surface area contributed by atoms with E-state index in [4.69, 9.17) is 0 Å². The number of H-pyrrole nitrogens is 1. The van der Waals surface area contributed by atoms with E-state index in [1.165, 1.54) is 0 Å². The van der Waals surface area contributed by atoms with Gasteiger partial charge in [0.25, 0.3) is 0 Å². The Morgan fingerprint density at radius 1 is 1.56 bits per heavy atom. The maximum atomic E-state index is 11.3. The van der Waals surface area contributed by atoms with Gasteiger partial charge in [0.1, 0.15) is 0 Å². The van der Waals surface area contributed by atoms with Crippen molar-refractivity contribution in [2.24, 2.45) is 0 Å². The standard InChI is InChI=1S/C11H18N4O/c16-11-6-9(2-1-4-14-11)13-5-3-10-7-12-8-15-10/h7-9,13H,1-6H2,(H,12,15)(H,14,16). The quantitative estimate of drug-likeness (QED) is 0.682. The normalized spacial score (nSPS) is 21.5. The van der Waals surface area contributed by atoms with Gasteiger partial charge in [0, 0.05) is 43.9 Å². The third-order valence-electron chi connectivity index (χ3n) is 2.87. The van der Waals surface area contributed by atoms with E-state index in [-0.39, 0.29) is 5.91 Å². The van der Waals surface area contributed by atoms with Crippen LogP contribution in [-0.2, 0) is 11.2 Å². The summed E-state index contributed by atoms with van der Waals surface area (Å²) in [7, 11) is 0. The average molecular weight is 222 g/mol. The molecule has 2 heterocycles. The molecule has 16 heavy (non-hydrogen) atoms. The fourth-order valence-electron chi connectivity index (χ4n) is 1.98. The molecule has 1 saturated heterocycles. The van der Waals surface area contributed by atoms with Crippen molar-refractivity contribution in [3.8, 4) is 0 Å². The molecule has 88 valence electrons. The highest BCUT2D eigenvalue weighted by molar-refractivity contribution is 5.76. The summed E-state index contributed by atoms with van der Waals surface area (Å²) in [4.78, 5) is 18.4. The zero-order valence-electron chi connectivity index (χ0n) is 9.33. The molecule has 0 spiro atoms. The van der Waals surface area contributed by atoms with Gasteiger partial charge in [0.15, 0.2) is 0 Å². The maximum absolute atomic E-state index is 11.3. The van der Waals surface area contributed by atoms with Crippen LogP contribution in [0, 0.1) is 0 Å². The zero-order chi connectivity index (χ0) is 11.2. The van der Waals surface area contributed by atoms with Crippen LogP contribution in [0.15, 0.2) is 12.5 Å². The highest BCUT2D eigenvalue weighted by Crippen LogP contribution is 2.05. The molecule has 1 amide bonds. The number of amides is 1. The molecule has 5 heteroatoms. The third kappa shape index (κ3) is 3.34. The van der Waals surface area contributed by atoms with Crippen molar-refractivity contribution in [1.29, 1.82) is 0 Å². The Balaban J connectivity index is 1.70. The number of hydrogen-bond acceptors (Lipinski definition) is 3. The predicted octanol–water partition coefficient (Wildman–Crippen LogP) is 0.210. The van der Waals surface area contributed by atoms with Gasteiger partial charge in [0.05, 0.1) is 6.33 Å². The Hall–Kier alpha value is -1.36. The van der Waals surface area contributed by atoms with Gasteiger partial charge in [0.2, 0.25) is 5.91 Å². The fourth-order valence-corrected chi connectivity index (χ4v) is 1.98. The Labute approximate surface area is 95.0 Å². The van der Waals surface area contributed by atoms with Crippen molar-refractivity contribution in [3.05, 3.63) is 18.2 Å². The number of nitrogens with zero attached hydrogens (tertiary/aromatic N) is 1. The van der Waals surface area contributed by atoms with E-state index in [1.807, 2.05) is 6.20 Å². The number of aromatic amines is 1. The first-order valence-electron chi connectivity index (χ1n) is 5.82. The number of nitrogens with one attached hydrogen (secondary N) is 3. The van der Waals surface area contributed by atoms with Gasteiger partial charge in [-0.2, -0.15) is 0 Å². The van der Waals surface area contributed by atoms with Crippen molar-refractivity contribution in [1.82, 2.24) is 20.6 Å². The maximum Gasteiger partial charge on any atom is 0.221 e.